The lowest BCUT2D eigenvalue weighted by molar-refractivity contribution is 0.496. The molecule has 0 N–H and O–H groups in total. The van der Waals surface area contributed by atoms with Gasteiger partial charge < -0.3 is 9.80 Å². The molecule has 3 nitrogen and oxygen atoms in total. The third kappa shape index (κ3) is 1.55. The first-order valence-corrected chi connectivity index (χ1v) is 4.45. The highest BCUT2D eigenvalue weighted by Crippen LogP contribution is 2.19. The van der Waals surface area contributed by atoms with Gasteiger partial charge in [0.05, 0.1) is 18.3 Å². The molecule has 0 bridgehead atoms. The summed E-state index contributed by atoms with van der Waals surface area (Å²) in [5.74, 6) is 0. The summed E-state index contributed by atoms with van der Waals surface area (Å²) in [5, 5.41) is 8.76. The van der Waals surface area contributed by atoms with Crippen LogP contribution in [0.5, 0.6) is 0 Å². The molecule has 0 spiro atoms. The molecule has 1 heterocycles. The maximum absolute atomic E-state index is 8.76. The molecular formula is C11H11N3. The summed E-state index contributed by atoms with van der Waals surface area (Å²) in [7, 11) is 2.02. The van der Waals surface area contributed by atoms with Crippen LogP contribution in [-0.4, -0.2) is 18.6 Å². The monoisotopic (exact) mass is 185 g/mol. The zero-order chi connectivity index (χ0) is 9.97. The Bertz CT molecular complexity index is 403. The van der Waals surface area contributed by atoms with Crippen molar-refractivity contribution in [3.63, 3.8) is 0 Å². The Morgan fingerprint density at radius 1 is 1.36 bits per heavy atom. The van der Waals surface area contributed by atoms with Crippen LogP contribution in [0.3, 0.4) is 0 Å². The Hall–Kier alpha value is -1.95. The highest BCUT2D eigenvalue weighted by molar-refractivity contribution is 5.54. The van der Waals surface area contributed by atoms with E-state index in [9.17, 15) is 0 Å². The van der Waals surface area contributed by atoms with Crippen LogP contribution in [-0.2, 0) is 0 Å². The molecule has 2 rings (SSSR count). The van der Waals surface area contributed by atoms with Crippen LogP contribution in [0.15, 0.2) is 36.7 Å². The molecule has 1 aliphatic rings. The lowest BCUT2D eigenvalue weighted by Crippen LogP contribution is -2.21. The Balaban J connectivity index is 2.25. The van der Waals surface area contributed by atoms with Crippen LogP contribution < -0.4 is 4.90 Å². The van der Waals surface area contributed by atoms with E-state index in [1.807, 2.05) is 43.7 Å². The standard InChI is InChI=1S/C11H11N3/c1-13-5-6-14(9-13)11-4-2-3-10(7-11)8-12/h2-7H,9H2,1H3. The van der Waals surface area contributed by atoms with Gasteiger partial charge in [0.2, 0.25) is 0 Å². The van der Waals surface area contributed by atoms with Gasteiger partial charge in [0, 0.05) is 25.1 Å². The molecule has 3 heteroatoms. The Morgan fingerprint density at radius 2 is 2.21 bits per heavy atom. The predicted molar refractivity (Wildman–Crippen MR) is 55.4 cm³/mol. The topological polar surface area (TPSA) is 30.3 Å². The molecular weight excluding hydrogens is 174 g/mol. The molecule has 1 aromatic carbocycles. The molecule has 0 unspecified atom stereocenters. The first-order chi connectivity index (χ1) is 6.79. The minimum absolute atomic E-state index is 0.699. The number of rotatable bonds is 1. The van der Waals surface area contributed by atoms with E-state index in [1.165, 1.54) is 0 Å². The van der Waals surface area contributed by atoms with Crippen LogP contribution in [0.25, 0.3) is 0 Å². The Labute approximate surface area is 83.5 Å². The second-order valence-corrected chi connectivity index (χ2v) is 3.33. The molecule has 0 radical (unpaired) electrons. The number of nitriles is 1. The normalized spacial score (nSPS) is 14.6. The average Bonchev–Trinajstić information content (AvgIpc) is 2.65. The Morgan fingerprint density at radius 3 is 2.86 bits per heavy atom. The molecule has 0 saturated carbocycles. The van der Waals surface area contributed by atoms with Crippen molar-refractivity contribution in [1.29, 1.82) is 5.26 Å². The first-order valence-electron chi connectivity index (χ1n) is 4.45. The molecule has 0 aromatic heterocycles. The van der Waals surface area contributed by atoms with E-state index in [2.05, 4.69) is 15.9 Å². The van der Waals surface area contributed by atoms with E-state index in [0.717, 1.165) is 12.4 Å². The van der Waals surface area contributed by atoms with Gasteiger partial charge >= 0.3 is 0 Å². The summed E-state index contributed by atoms with van der Waals surface area (Å²) >= 11 is 0. The van der Waals surface area contributed by atoms with Gasteiger partial charge in [-0.3, -0.25) is 0 Å². The molecule has 0 amide bonds. The van der Waals surface area contributed by atoms with Crippen molar-refractivity contribution in [2.75, 3.05) is 18.6 Å². The molecule has 0 aliphatic carbocycles. The van der Waals surface area contributed by atoms with Gasteiger partial charge in [-0.1, -0.05) is 6.07 Å². The van der Waals surface area contributed by atoms with E-state index < -0.39 is 0 Å². The van der Waals surface area contributed by atoms with Crippen molar-refractivity contribution in [2.45, 2.75) is 0 Å². The fraction of sp³-hybridized carbons (Fsp3) is 0.182. The van der Waals surface area contributed by atoms with E-state index in [4.69, 9.17) is 5.26 Å². The van der Waals surface area contributed by atoms with Gasteiger partial charge in [-0.2, -0.15) is 5.26 Å². The summed E-state index contributed by atoms with van der Waals surface area (Å²) in [6, 6.07) is 9.75. The molecule has 0 saturated heterocycles. The second kappa shape index (κ2) is 3.43. The van der Waals surface area contributed by atoms with Crippen LogP contribution >= 0.6 is 0 Å². The van der Waals surface area contributed by atoms with Crippen molar-refractivity contribution >= 4 is 5.69 Å². The summed E-state index contributed by atoms with van der Waals surface area (Å²) in [4.78, 5) is 4.18. The molecule has 0 fully saturated rings. The van der Waals surface area contributed by atoms with Gasteiger partial charge in [-0.15, -0.1) is 0 Å². The largest absolute Gasteiger partial charge is 0.361 e. The zero-order valence-electron chi connectivity index (χ0n) is 8.01. The van der Waals surface area contributed by atoms with E-state index >= 15 is 0 Å². The summed E-state index contributed by atoms with van der Waals surface area (Å²) in [6.07, 6.45) is 4.02. The average molecular weight is 185 g/mol. The van der Waals surface area contributed by atoms with Crippen LogP contribution in [0.4, 0.5) is 5.69 Å². The number of hydrogen-bond donors (Lipinski definition) is 0. The third-order valence-corrected chi connectivity index (χ3v) is 2.18. The highest BCUT2D eigenvalue weighted by atomic mass is 15.3. The molecule has 0 atom stereocenters. The van der Waals surface area contributed by atoms with Crippen molar-refractivity contribution < 1.29 is 0 Å². The quantitative estimate of drug-likeness (QED) is 0.667. The van der Waals surface area contributed by atoms with Gasteiger partial charge in [-0.05, 0) is 18.2 Å². The number of benzene rings is 1. The maximum Gasteiger partial charge on any atom is 0.0992 e. The highest BCUT2D eigenvalue weighted by Gasteiger charge is 2.10. The second-order valence-electron chi connectivity index (χ2n) is 3.33. The van der Waals surface area contributed by atoms with Gasteiger partial charge in [0.1, 0.15) is 0 Å². The van der Waals surface area contributed by atoms with Crippen molar-refractivity contribution in [3.05, 3.63) is 42.2 Å². The number of hydrogen-bond acceptors (Lipinski definition) is 3. The van der Waals surface area contributed by atoms with Crippen molar-refractivity contribution in [2.24, 2.45) is 0 Å². The number of nitrogens with zero attached hydrogens (tertiary/aromatic N) is 3. The lowest BCUT2D eigenvalue weighted by atomic mass is 10.2. The number of anilines is 1. The van der Waals surface area contributed by atoms with Gasteiger partial charge in [0.25, 0.3) is 0 Å². The van der Waals surface area contributed by atoms with Crippen molar-refractivity contribution in [3.8, 4) is 6.07 Å². The van der Waals surface area contributed by atoms with E-state index in [1.54, 1.807) is 0 Å². The molecule has 1 aromatic rings. The first kappa shape index (κ1) is 8.64. The third-order valence-electron chi connectivity index (χ3n) is 2.18. The fourth-order valence-corrected chi connectivity index (χ4v) is 1.45. The zero-order valence-corrected chi connectivity index (χ0v) is 8.01. The predicted octanol–water partition coefficient (Wildman–Crippen LogP) is 1.74. The summed E-state index contributed by atoms with van der Waals surface area (Å²) in [6.45, 7) is 0.842. The molecule has 14 heavy (non-hydrogen) atoms. The summed E-state index contributed by atoms with van der Waals surface area (Å²) < 4.78 is 0. The maximum atomic E-state index is 8.76. The molecule has 70 valence electrons. The summed E-state index contributed by atoms with van der Waals surface area (Å²) in [5.41, 5.74) is 1.76. The van der Waals surface area contributed by atoms with Gasteiger partial charge in [0.15, 0.2) is 0 Å². The smallest absolute Gasteiger partial charge is 0.0992 e. The SMILES string of the molecule is CN1C=CN(c2cccc(C#N)c2)C1. The van der Waals surface area contributed by atoms with E-state index in [-0.39, 0.29) is 0 Å². The van der Waals surface area contributed by atoms with Crippen molar-refractivity contribution in [1.82, 2.24) is 4.90 Å². The lowest BCUT2D eigenvalue weighted by Gasteiger charge is -2.18. The molecule has 1 aliphatic heterocycles. The van der Waals surface area contributed by atoms with Crippen LogP contribution in [0, 0.1) is 11.3 Å². The van der Waals surface area contributed by atoms with Crippen LogP contribution in [0.2, 0.25) is 0 Å². The van der Waals surface area contributed by atoms with Gasteiger partial charge in [-0.25, -0.2) is 0 Å². The van der Waals surface area contributed by atoms with E-state index in [0.29, 0.717) is 5.56 Å². The minimum Gasteiger partial charge on any atom is -0.361 e. The fourth-order valence-electron chi connectivity index (χ4n) is 1.45. The minimum atomic E-state index is 0.699. The van der Waals surface area contributed by atoms with Crippen LogP contribution in [0.1, 0.15) is 5.56 Å². The Kier molecular flexibility index (Phi) is 2.11.